The Balaban J connectivity index is 2.38. The third-order valence-electron chi connectivity index (χ3n) is 2.21. The second-order valence-corrected chi connectivity index (χ2v) is 4.72. The fraction of sp³-hybridized carbons (Fsp3) is 0.100. The minimum Gasteiger partial charge on any atom is -0.409 e. The summed E-state index contributed by atoms with van der Waals surface area (Å²) in [5.74, 6) is -0.0518. The maximum Gasteiger partial charge on any atom is 0.174 e. The summed E-state index contributed by atoms with van der Waals surface area (Å²) in [6.07, 6.45) is 5.05. The number of oxime groups is 1. The van der Waals surface area contributed by atoms with Crippen LogP contribution in [0.4, 0.5) is 0 Å². The van der Waals surface area contributed by atoms with Crippen molar-refractivity contribution in [1.82, 2.24) is 14.5 Å². The molecule has 0 atom stereocenters. The van der Waals surface area contributed by atoms with Gasteiger partial charge >= 0.3 is 0 Å². The van der Waals surface area contributed by atoms with Crippen LogP contribution in [0, 0.1) is 0 Å². The molecule has 2 heterocycles. The van der Waals surface area contributed by atoms with Gasteiger partial charge < -0.3 is 15.5 Å². The van der Waals surface area contributed by atoms with Gasteiger partial charge in [0.25, 0.3) is 0 Å². The van der Waals surface area contributed by atoms with Gasteiger partial charge in [-0.1, -0.05) is 16.8 Å². The zero-order valence-electron chi connectivity index (χ0n) is 9.41. The van der Waals surface area contributed by atoms with Gasteiger partial charge in [-0.15, -0.1) is 0 Å². The van der Waals surface area contributed by atoms with Crippen LogP contribution in [-0.4, -0.2) is 25.6 Å². The van der Waals surface area contributed by atoms with E-state index in [4.69, 9.17) is 22.5 Å². The average molecular weight is 284 g/mol. The molecule has 94 valence electrons. The van der Waals surface area contributed by atoms with Gasteiger partial charge in [0.15, 0.2) is 11.0 Å². The van der Waals surface area contributed by atoms with E-state index in [9.17, 15) is 0 Å². The lowest BCUT2D eigenvalue weighted by molar-refractivity contribution is 0.318. The van der Waals surface area contributed by atoms with Crippen LogP contribution in [0.15, 0.2) is 40.0 Å². The summed E-state index contributed by atoms with van der Waals surface area (Å²) < 4.78 is 1.85. The topological polar surface area (TPSA) is 89.3 Å². The Morgan fingerprint density at radius 2 is 2.28 bits per heavy atom. The van der Waals surface area contributed by atoms with Crippen LogP contribution in [0.5, 0.6) is 0 Å². The Morgan fingerprint density at radius 1 is 1.50 bits per heavy atom. The minimum atomic E-state index is -0.0518. The van der Waals surface area contributed by atoms with E-state index >= 15 is 0 Å². The highest BCUT2D eigenvalue weighted by Crippen LogP contribution is 2.32. The van der Waals surface area contributed by atoms with Crippen LogP contribution in [0.2, 0.25) is 5.02 Å². The minimum absolute atomic E-state index is 0.0518. The number of aryl methyl sites for hydroxylation is 1. The summed E-state index contributed by atoms with van der Waals surface area (Å²) in [4.78, 5) is 8.32. The first-order valence-corrected chi connectivity index (χ1v) is 6.10. The molecule has 2 aromatic rings. The Morgan fingerprint density at radius 3 is 2.89 bits per heavy atom. The molecular weight excluding hydrogens is 274 g/mol. The van der Waals surface area contributed by atoms with Gasteiger partial charge in [-0.25, -0.2) is 9.97 Å². The van der Waals surface area contributed by atoms with Crippen molar-refractivity contribution in [2.24, 2.45) is 17.9 Å². The van der Waals surface area contributed by atoms with Gasteiger partial charge in [0.2, 0.25) is 0 Å². The quantitative estimate of drug-likeness (QED) is 0.387. The predicted molar refractivity (Wildman–Crippen MR) is 69.1 cm³/mol. The Bertz CT molecular complexity index is 598. The lowest BCUT2D eigenvalue weighted by Crippen LogP contribution is -2.14. The van der Waals surface area contributed by atoms with Gasteiger partial charge in [-0.3, -0.25) is 0 Å². The highest BCUT2D eigenvalue weighted by atomic mass is 35.5. The molecule has 0 bridgehead atoms. The van der Waals surface area contributed by atoms with Crippen LogP contribution in [0.3, 0.4) is 0 Å². The first-order chi connectivity index (χ1) is 8.63. The normalized spacial score (nSPS) is 11.8. The van der Waals surface area contributed by atoms with Crippen molar-refractivity contribution in [3.63, 3.8) is 0 Å². The van der Waals surface area contributed by atoms with E-state index in [1.54, 1.807) is 18.5 Å². The van der Waals surface area contributed by atoms with E-state index in [0.717, 1.165) is 5.16 Å². The molecule has 0 saturated heterocycles. The summed E-state index contributed by atoms with van der Waals surface area (Å²) in [5.41, 5.74) is 5.96. The lowest BCUT2D eigenvalue weighted by Gasteiger charge is -2.06. The molecule has 0 fully saturated rings. The molecule has 8 heteroatoms. The maximum atomic E-state index is 8.66. The number of hydrogen-bond acceptors (Lipinski definition) is 5. The number of halogens is 1. The highest BCUT2D eigenvalue weighted by molar-refractivity contribution is 7.99. The second kappa shape index (κ2) is 5.28. The third-order valence-corrected chi connectivity index (χ3v) is 3.78. The zero-order chi connectivity index (χ0) is 13.1. The molecule has 0 aliphatic carbocycles. The largest absolute Gasteiger partial charge is 0.409 e. The van der Waals surface area contributed by atoms with Crippen molar-refractivity contribution in [2.45, 2.75) is 10.2 Å². The Hall–Kier alpha value is -1.73. The average Bonchev–Trinajstić information content (AvgIpc) is 2.77. The maximum absolute atomic E-state index is 8.66. The van der Waals surface area contributed by atoms with E-state index in [2.05, 4.69) is 15.1 Å². The number of hydrogen-bond donors (Lipinski definition) is 2. The van der Waals surface area contributed by atoms with Gasteiger partial charge in [-0.2, -0.15) is 0 Å². The standard InChI is InChI=1S/C10H10ClN5OS/c1-16-5-4-14-10(16)18-9-7(11)6(2-3-13-9)8(12)15-17/h2-5,17H,1H3,(H2,12,15). The SMILES string of the molecule is Cn1ccnc1Sc1nccc(/C(N)=N/O)c1Cl. The van der Waals surface area contributed by atoms with E-state index < -0.39 is 0 Å². The zero-order valence-corrected chi connectivity index (χ0v) is 11.0. The molecule has 0 aromatic carbocycles. The highest BCUT2D eigenvalue weighted by Gasteiger charge is 2.13. The number of amidine groups is 1. The molecule has 0 spiro atoms. The van der Waals surface area contributed by atoms with Crippen LogP contribution < -0.4 is 5.73 Å². The van der Waals surface area contributed by atoms with E-state index in [1.807, 2.05) is 17.8 Å². The number of pyridine rings is 1. The van der Waals surface area contributed by atoms with Crippen molar-refractivity contribution >= 4 is 29.2 Å². The monoisotopic (exact) mass is 283 g/mol. The van der Waals surface area contributed by atoms with Crippen LogP contribution in [0.25, 0.3) is 0 Å². The number of rotatable bonds is 3. The van der Waals surface area contributed by atoms with Crippen molar-refractivity contribution < 1.29 is 5.21 Å². The molecule has 2 aromatic heterocycles. The molecule has 0 aliphatic heterocycles. The molecule has 0 saturated carbocycles. The number of imidazole rings is 1. The van der Waals surface area contributed by atoms with E-state index in [-0.39, 0.29) is 5.84 Å². The molecule has 3 N–H and O–H groups in total. The van der Waals surface area contributed by atoms with Crippen molar-refractivity contribution in [3.8, 4) is 0 Å². The third kappa shape index (κ3) is 2.41. The summed E-state index contributed by atoms with van der Waals surface area (Å²) in [5, 5.41) is 13.2. The van der Waals surface area contributed by atoms with Gasteiger partial charge in [0.05, 0.1) is 5.02 Å². The Labute approximate surface area is 112 Å². The van der Waals surface area contributed by atoms with Gasteiger partial charge in [-0.05, 0) is 17.8 Å². The summed E-state index contributed by atoms with van der Waals surface area (Å²) >= 11 is 7.47. The lowest BCUT2D eigenvalue weighted by atomic mass is 10.2. The summed E-state index contributed by atoms with van der Waals surface area (Å²) in [6, 6.07) is 1.58. The molecule has 0 unspecified atom stereocenters. The van der Waals surface area contributed by atoms with Crippen molar-refractivity contribution in [3.05, 3.63) is 35.2 Å². The second-order valence-electron chi connectivity index (χ2n) is 3.39. The molecule has 0 radical (unpaired) electrons. The fourth-order valence-electron chi connectivity index (χ4n) is 1.28. The first kappa shape index (κ1) is 12.7. The van der Waals surface area contributed by atoms with E-state index in [1.165, 1.54) is 11.8 Å². The van der Waals surface area contributed by atoms with E-state index in [0.29, 0.717) is 15.6 Å². The molecule has 6 nitrogen and oxygen atoms in total. The number of nitrogens with zero attached hydrogens (tertiary/aromatic N) is 4. The molecular formula is C10H10ClN5OS. The molecule has 2 rings (SSSR count). The predicted octanol–water partition coefficient (Wildman–Crippen LogP) is 1.71. The molecule has 0 amide bonds. The smallest absolute Gasteiger partial charge is 0.174 e. The first-order valence-electron chi connectivity index (χ1n) is 4.91. The van der Waals surface area contributed by atoms with Crippen molar-refractivity contribution in [2.75, 3.05) is 0 Å². The van der Waals surface area contributed by atoms with Gasteiger partial charge in [0.1, 0.15) is 5.03 Å². The molecule has 18 heavy (non-hydrogen) atoms. The van der Waals surface area contributed by atoms with Gasteiger partial charge in [0, 0.05) is 31.2 Å². The number of nitrogens with two attached hydrogens (primary N) is 1. The fourth-order valence-corrected chi connectivity index (χ4v) is 2.41. The number of aromatic nitrogens is 3. The Kier molecular flexibility index (Phi) is 3.73. The summed E-state index contributed by atoms with van der Waals surface area (Å²) in [7, 11) is 1.87. The molecule has 0 aliphatic rings. The van der Waals surface area contributed by atoms with Crippen LogP contribution in [-0.2, 0) is 7.05 Å². The van der Waals surface area contributed by atoms with Crippen LogP contribution >= 0.6 is 23.4 Å². The van der Waals surface area contributed by atoms with Crippen molar-refractivity contribution in [1.29, 1.82) is 0 Å². The summed E-state index contributed by atoms with van der Waals surface area (Å²) in [6.45, 7) is 0. The van der Waals surface area contributed by atoms with Crippen LogP contribution in [0.1, 0.15) is 5.56 Å².